The van der Waals surface area contributed by atoms with Gasteiger partial charge in [0.2, 0.25) is 0 Å². The molecule has 0 amide bonds. The van der Waals surface area contributed by atoms with Crippen LogP contribution in [0.4, 0.5) is 0 Å². The summed E-state index contributed by atoms with van der Waals surface area (Å²) in [4.78, 5) is 13.0. The number of carbonyl (C=O) groups excluding carboxylic acids is 1. The maximum Gasteiger partial charge on any atom is 0.129 e. The lowest BCUT2D eigenvalue weighted by Gasteiger charge is -2.22. The molecule has 14 rings (SSSR count). The van der Waals surface area contributed by atoms with Crippen molar-refractivity contribution in [2.24, 2.45) is 41.4 Å². The number of Topliss-reactive ketones (excluding diaryl/α,β-unsaturated/α-hetero) is 1. The van der Waals surface area contributed by atoms with Crippen LogP contribution in [-0.4, -0.2) is 105 Å². The Bertz CT molecular complexity index is 4070. The Labute approximate surface area is 845 Å². The minimum atomic E-state index is -0.516. The van der Waals surface area contributed by atoms with Crippen LogP contribution < -0.4 is 33.2 Å². The van der Waals surface area contributed by atoms with Crippen LogP contribution in [0, 0.1) is 46.8 Å². The monoisotopic (exact) mass is 1910 g/mol. The van der Waals surface area contributed by atoms with E-state index in [1.807, 2.05) is 106 Å². The number of rotatable bonds is 49. The molecule has 4 N–H and O–H groups in total. The second kappa shape index (κ2) is 73.4. The minimum Gasteiger partial charge on any atom is -0.493 e. The number of ketones is 1. The van der Waals surface area contributed by atoms with Gasteiger partial charge in [0.15, 0.2) is 0 Å². The van der Waals surface area contributed by atoms with Crippen molar-refractivity contribution in [1.29, 1.82) is 5.41 Å². The molecule has 0 aromatic heterocycles. The highest BCUT2D eigenvalue weighted by molar-refractivity contribution is 5.78. The summed E-state index contributed by atoms with van der Waals surface area (Å²) in [6, 6.07) is 57.7. The molecule has 0 spiro atoms. The fourth-order valence-corrected chi connectivity index (χ4v) is 20.2. The van der Waals surface area contributed by atoms with Crippen molar-refractivity contribution < 1.29 is 58.0 Å². The van der Waals surface area contributed by atoms with E-state index in [0.29, 0.717) is 31.3 Å². The van der Waals surface area contributed by atoms with E-state index < -0.39 is 12.2 Å². The fourth-order valence-electron chi connectivity index (χ4n) is 20.2. The lowest BCUT2D eigenvalue weighted by atomic mass is 9.90. The van der Waals surface area contributed by atoms with Crippen molar-refractivity contribution in [3.8, 4) is 40.2 Å². The molecule has 0 bridgehead atoms. The Morgan fingerprint density at radius 1 is 0.309 bits per heavy atom. The highest BCUT2D eigenvalue weighted by Gasteiger charge is 2.23. The summed E-state index contributed by atoms with van der Waals surface area (Å²) >= 11 is 0. The first-order valence-corrected chi connectivity index (χ1v) is 56.3. The first-order chi connectivity index (χ1) is 68.0. The third kappa shape index (κ3) is 53.4. The number of hydrogen-bond donors (Lipinski definition) is 4. The Hall–Kier alpha value is -7.72. The standard InChI is InChI=1S/C19H28O3.C18H29NO2.C18H28O2.2C18H28O.C17H25NO.C17H26O2/c1-15(20)7-5-12-19(21)17-10-6-11-18(13-17)22-14-16-8-3-2-4-9-16;1-19(2)12-11-18(20)16-9-6-10-17(13-16)21-14-15-7-4-3-5-8-15;1-2-3-12-18(19)16-10-7-11-17(13-16)20-14-15-8-5-4-6-9-15;2*1-2-3-5-9-16-12-8-13-18(14-16)19-15-17-10-6-4-7-11-17;1-14(18)10-11-15-8-5-9-17(12-15)19-13-16-6-3-2-4-7-16;1-2-11-18-13-16-9-6-10-17(12-16)19-14-15-7-4-3-5-8-15/h6,10-11,13,16,19,21H,2-5,7-9,12,14H2,1H3;6,9-10,13,15,18,20H,3-5,7-8,11-12,14H2,1-2H3;7,10-11,13,15,18-19H,2-6,8-9,12,14H2,1H3;2*8,12-14,17H,2-7,9-11,15H2,1H3;5,8-9,12,16,18H,2-4,6-7,10-11,13H2,1H3;6,9-10,12,15H,2-5,7-8,11,13-14H2,1H3/t19-;;;;;;/m1....../s1. The second-order valence-corrected chi connectivity index (χ2v) is 42.1. The van der Waals surface area contributed by atoms with Crippen LogP contribution in [0.15, 0.2) is 170 Å². The van der Waals surface area contributed by atoms with Gasteiger partial charge < -0.3 is 68.3 Å². The zero-order chi connectivity index (χ0) is 98.6. The van der Waals surface area contributed by atoms with Gasteiger partial charge in [0.1, 0.15) is 46.0 Å². The average molecular weight is 1910 g/mol. The smallest absolute Gasteiger partial charge is 0.129 e. The highest BCUT2D eigenvalue weighted by atomic mass is 16.5. The molecular formula is C125H192N2O12. The van der Waals surface area contributed by atoms with Gasteiger partial charge in [-0.3, -0.25) is 0 Å². The van der Waals surface area contributed by atoms with Crippen LogP contribution >= 0.6 is 0 Å². The van der Waals surface area contributed by atoms with Crippen molar-refractivity contribution in [1.82, 2.24) is 4.90 Å². The predicted octanol–water partition coefficient (Wildman–Crippen LogP) is 32.9. The number of aliphatic hydroxyl groups excluding tert-OH is 3. The third-order valence-corrected chi connectivity index (χ3v) is 29.0. The normalized spacial score (nSPS) is 17.0. The Morgan fingerprint density at radius 2 is 0.568 bits per heavy atom. The summed E-state index contributed by atoms with van der Waals surface area (Å²) in [6.45, 7) is 20.6. The second-order valence-electron chi connectivity index (χ2n) is 42.1. The summed E-state index contributed by atoms with van der Waals surface area (Å²) in [5.74, 6) is 12.1. The Balaban J connectivity index is 0.000000199. The molecule has 7 aromatic rings. The number of benzene rings is 7. The summed E-state index contributed by atoms with van der Waals surface area (Å²) in [5, 5.41) is 38.1. The number of carbonyl (C=O) groups is 1. The molecule has 7 aromatic carbocycles. The molecule has 0 saturated heterocycles. The third-order valence-electron chi connectivity index (χ3n) is 29.0. The summed E-state index contributed by atoms with van der Waals surface area (Å²) in [7, 11) is 4.05. The number of nitrogens with one attached hydrogen (secondary N) is 1. The number of nitrogens with zero attached hydrogens (tertiary/aromatic N) is 1. The molecule has 774 valence electrons. The van der Waals surface area contributed by atoms with Crippen molar-refractivity contribution in [3.63, 3.8) is 0 Å². The zero-order valence-corrected chi connectivity index (χ0v) is 88.5. The maximum atomic E-state index is 10.9. The fraction of sp³-hybridized carbons (Fsp3) is 0.648. The molecule has 7 aliphatic carbocycles. The molecule has 3 atom stereocenters. The molecule has 14 nitrogen and oxygen atoms in total. The molecule has 7 saturated carbocycles. The van der Waals surface area contributed by atoms with Gasteiger partial charge >= 0.3 is 0 Å². The van der Waals surface area contributed by atoms with E-state index in [0.717, 1.165) is 203 Å². The first-order valence-electron chi connectivity index (χ1n) is 56.3. The largest absolute Gasteiger partial charge is 0.493 e. The van der Waals surface area contributed by atoms with Crippen molar-refractivity contribution >= 4 is 11.5 Å². The van der Waals surface area contributed by atoms with Gasteiger partial charge in [0.05, 0.1) is 71.2 Å². The highest BCUT2D eigenvalue weighted by Crippen LogP contribution is 2.35. The number of aryl methyl sites for hydroxylation is 3. The number of unbranched alkanes of at least 4 members (excludes halogenated alkanes) is 5. The summed E-state index contributed by atoms with van der Waals surface area (Å²) in [5.41, 5.74) is 8.89. The first kappa shape index (κ1) is 117. The summed E-state index contributed by atoms with van der Waals surface area (Å²) in [6.07, 6.45) is 64.8. The molecule has 0 radical (unpaired) electrons. The van der Waals surface area contributed by atoms with E-state index >= 15 is 0 Å². The Morgan fingerprint density at radius 3 is 0.842 bits per heavy atom. The van der Waals surface area contributed by atoms with Crippen LogP contribution in [0.1, 0.15) is 420 Å². The van der Waals surface area contributed by atoms with E-state index in [-0.39, 0.29) is 11.9 Å². The number of aliphatic hydroxyl groups is 3. The SMILES string of the molecule is CC(=N)CCc1cccc(OCC2CCCCC2)c1.CC(=O)CCC[C@@H](O)c1cccc(OCC2CCCCC2)c1.CCCCC(O)c1cccc(OCC2CCCCC2)c1.CCCCCc1cccc(OCC2CCCCC2)c1.CCCCCc1cccc(OCC2CCCCC2)c1.CCCOCc1cccc(OCC2CCCCC2)c1.CN(C)CCC(O)c1cccc(OCC2CCCCC2)c1. The van der Waals surface area contributed by atoms with Gasteiger partial charge in [-0.05, 0) is 354 Å². The lowest BCUT2D eigenvalue weighted by Crippen LogP contribution is -2.16. The van der Waals surface area contributed by atoms with Crippen LogP contribution in [0.2, 0.25) is 0 Å². The zero-order valence-electron chi connectivity index (χ0n) is 88.5. The minimum absolute atomic E-state index is 0.178. The van der Waals surface area contributed by atoms with Crippen molar-refractivity contribution in [2.45, 2.75) is 407 Å². The average Bonchev–Trinajstić information content (AvgIpc) is 0.746. The molecule has 0 aliphatic heterocycles. The Kier molecular flexibility index (Phi) is 61.5. The molecule has 14 heteroatoms. The van der Waals surface area contributed by atoms with Gasteiger partial charge in [0, 0.05) is 25.3 Å². The maximum absolute atomic E-state index is 10.9. The number of ether oxygens (including phenoxy) is 8. The molecule has 139 heavy (non-hydrogen) atoms. The summed E-state index contributed by atoms with van der Waals surface area (Å²) < 4.78 is 47.2. The lowest BCUT2D eigenvalue weighted by molar-refractivity contribution is -0.117. The molecule has 2 unspecified atom stereocenters. The molecule has 7 aliphatic rings. The van der Waals surface area contributed by atoms with E-state index in [1.54, 1.807) is 6.92 Å². The van der Waals surface area contributed by atoms with E-state index in [2.05, 4.69) is 118 Å². The van der Waals surface area contributed by atoms with Crippen molar-refractivity contribution in [3.05, 3.63) is 209 Å². The topological polar surface area (TPSA) is 179 Å². The molecule has 0 heterocycles. The van der Waals surface area contributed by atoms with Gasteiger partial charge in [-0.2, -0.15) is 0 Å². The molecular weight excluding hydrogens is 1720 g/mol. The quantitative estimate of drug-likeness (QED) is 0.0209. The predicted molar refractivity (Wildman–Crippen MR) is 580 cm³/mol. The van der Waals surface area contributed by atoms with E-state index in [4.69, 9.17) is 43.3 Å². The van der Waals surface area contributed by atoms with Gasteiger partial charge in [-0.25, -0.2) is 0 Å². The van der Waals surface area contributed by atoms with Gasteiger partial charge in [-0.15, -0.1) is 0 Å². The van der Waals surface area contributed by atoms with Crippen LogP contribution in [0.25, 0.3) is 0 Å². The van der Waals surface area contributed by atoms with E-state index in [1.165, 1.54) is 298 Å². The van der Waals surface area contributed by atoms with Crippen LogP contribution in [0.3, 0.4) is 0 Å². The van der Waals surface area contributed by atoms with Crippen LogP contribution in [0.5, 0.6) is 40.2 Å². The van der Waals surface area contributed by atoms with Gasteiger partial charge in [-0.1, -0.05) is 286 Å². The number of hydrogen-bond acceptors (Lipinski definition) is 14. The molecule has 7 fully saturated rings. The van der Waals surface area contributed by atoms with Gasteiger partial charge in [0.25, 0.3) is 0 Å². The van der Waals surface area contributed by atoms with Crippen molar-refractivity contribution in [2.75, 3.05) is 73.5 Å². The van der Waals surface area contributed by atoms with E-state index in [9.17, 15) is 20.1 Å². The van der Waals surface area contributed by atoms with Crippen LogP contribution in [-0.2, 0) is 35.4 Å².